The lowest BCUT2D eigenvalue weighted by molar-refractivity contribution is 0.0732. The van der Waals surface area contributed by atoms with Gasteiger partial charge in [-0.05, 0) is 49.3 Å². The maximum atomic E-state index is 6.13. The fourth-order valence-corrected chi connectivity index (χ4v) is 4.14. The molecule has 1 aromatic carbocycles. The standard InChI is InChI=1S/C20H31ClN4O.HI/c1-22-19(23-15-20(8-4-9-20)10-12-26-2)24-17-7-11-25(14-17)18-6-3-5-16(21)13-18;/h3,5-6,13,17H,4,7-12,14-15H2,1-2H3,(H2,22,23,24);1H. The number of hydrogen-bond donors (Lipinski definition) is 2. The molecule has 5 nitrogen and oxygen atoms in total. The smallest absolute Gasteiger partial charge is 0.191 e. The Morgan fingerprint density at radius 2 is 2.22 bits per heavy atom. The Balaban J connectivity index is 0.00000261. The molecule has 1 aliphatic carbocycles. The molecule has 1 saturated heterocycles. The van der Waals surface area contributed by atoms with E-state index < -0.39 is 0 Å². The normalized spacial score (nSPS) is 21.4. The molecule has 1 heterocycles. The molecule has 7 heteroatoms. The van der Waals surface area contributed by atoms with Crippen molar-refractivity contribution >= 4 is 47.2 Å². The molecule has 2 aliphatic rings. The summed E-state index contributed by atoms with van der Waals surface area (Å²) in [5, 5.41) is 7.94. The highest BCUT2D eigenvalue weighted by molar-refractivity contribution is 14.0. The first-order chi connectivity index (χ1) is 12.6. The van der Waals surface area contributed by atoms with Crippen molar-refractivity contribution in [3.63, 3.8) is 0 Å². The highest BCUT2D eigenvalue weighted by Crippen LogP contribution is 2.43. The predicted molar refractivity (Wildman–Crippen MR) is 125 cm³/mol. The van der Waals surface area contributed by atoms with Gasteiger partial charge in [-0.3, -0.25) is 4.99 Å². The minimum absolute atomic E-state index is 0. The zero-order valence-electron chi connectivity index (χ0n) is 16.3. The van der Waals surface area contributed by atoms with E-state index in [4.69, 9.17) is 16.3 Å². The van der Waals surface area contributed by atoms with E-state index in [1.165, 1.54) is 24.9 Å². The van der Waals surface area contributed by atoms with Crippen molar-refractivity contribution in [1.82, 2.24) is 10.6 Å². The Bertz CT molecular complexity index is 624. The van der Waals surface area contributed by atoms with Gasteiger partial charge < -0.3 is 20.3 Å². The van der Waals surface area contributed by atoms with Crippen molar-refractivity contribution in [3.8, 4) is 0 Å². The van der Waals surface area contributed by atoms with Crippen molar-refractivity contribution in [2.75, 3.05) is 45.3 Å². The first kappa shape index (κ1) is 22.6. The van der Waals surface area contributed by atoms with Crippen LogP contribution in [0.2, 0.25) is 5.02 Å². The lowest BCUT2D eigenvalue weighted by Gasteiger charge is -2.42. The minimum Gasteiger partial charge on any atom is -0.385 e. The van der Waals surface area contributed by atoms with E-state index in [2.05, 4.69) is 26.6 Å². The van der Waals surface area contributed by atoms with Gasteiger partial charge in [0.05, 0.1) is 0 Å². The van der Waals surface area contributed by atoms with Crippen LogP contribution < -0.4 is 15.5 Å². The van der Waals surface area contributed by atoms with Gasteiger partial charge in [-0.1, -0.05) is 24.1 Å². The molecule has 0 amide bonds. The molecule has 0 radical (unpaired) electrons. The first-order valence-electron chi connectivity index (χ1n) is 9.61. The number of methoxy groups -OCH3 is 1. The molecule has 2 N–H and O–H groups in total. The van der Waals surface area contributed by atoms with E-state index in [1.54, 1.807) is 7.11 Å². The number of nitrogens with one attached hydrogen (secondary N) is 2. The van der Waals surface area contributed by atoms with Gasteiger partial charge in [-0.2, -0.15) is 0 Å². The summed E-state index contributed by atoms with van der Waals surface area (Å²) in [5.74, 6) is 0.909. The van der Waals surface area contributed by atoms with Crippen LogP contribution in [-0.4, -0.2) is 52.4 Å². The zero-order chi connectivity index (χ0) is 18.4. The number of halogens is 2. The van der Waals surface area contributed by atoms with E-state index in [0.29, 0.717) is 11.5 Å². The molecule has 0 aromatic heterocycles. The van der Waals surface area contributed by atoms with Crippen LogP contribution in [0, 0.1) is 5.41 Å². The van der Waals surface area contributed by atoms with Gasteiger partial charge in [0.15, 0.2) is 5.96 Å². The molecule has 1 saturated carbocycles. The molecule has 1 aromatic rings. The highest BCUT2D eigenvalue weighted by atomic mass is 127. The Hall–Kier alpha value is -0.730. The third-order valence-electron chi connectivity index (χ3n) is 5.81. The molecule has 27 heavy (non-hydrogen) atoms. The lowest BCUT2D eigenvalue weighted by Crippen LogP contribution is -2.49. The summed E-state index contributed by atoms with van der Waals surface area (Å²) < 4.78 is 5.29. The van der Waals surface area contributed by atoms with E-state index in [-0.39, 0.29) is 24.0 Å². The Morgan fingerprint density at radius 3 is 2.85 bits per heavy atom. The summed E-state index contributed by atoms with van der Waals surface area (Å²) in [4.78, 5) is 6.81. The van der Waals surface area contributed by atoms with E-state index in [0.717, 1.165) is 50.1 Å². The minimum atomic E-state index is 0. The molecular weight excluding hydrogens is 475 g/mol. The van der Waals surface area contributed by atoms with Crippen LogP contribution in [0.5, 0.6) is 0 Å². The fourth-order valence-electron chi connectivity index (χ4n) is 3.96. The van der Waals surface area contributed by atoms with E-state index >= 15 is 0 Å². The number of benzene rings is 1. The zero-order valence-corrected chi connectivity index (χ0v) is 19.4. The summed E-state index contributed by atoms with van der Waals surface area (Å²) in [7, 11) is 3.63. The second kappa shape index (κ2) is 10.7. The van der Waals surface area contributed by atoms with E-state index in [1.807, 2.05) is 25.2 Å². The number of guanidine groups is 1. The Kier molecular flexibility index (Phi) is 8.95. The maximum absolute atomic E-state index is 6.13. The summed E-state index contributed by atoms with van der Waals surface area (Å²) in [6.07, 6.45) is 6.12. The predicted octanol–water partition coefficient (Wildman–Crippen LogP) is 3.91. The molecular formula is C20H32ClIN4O. The summed E-state index contributed by atoms with van der Waals surface area (Å²) in [5.41, 5.74) is 1.58. The SMILES string of the molecule is CN=C(NCC1(CCOC)CCC1)NC1CCN(c2cccc(Cl)c2)C1.I. The number of rotatable bonds is 7. The van der Waals surface area contributed by atoms with Crippen LogP contribution in [0.4, 0.5) is 5.69 Å². The van der Waals surface area contributed by atoms with Gasteiger partial charge in [0.1, 0.15) is 0 Å². The monoisotopic (exact) mass is 506 g/mol. The number of anilines is 1. The summed E-state index contributed by atoms with van der Waals surface area (Å²) in [6.45, 7) is 3.81. The van der Waals surface area contributed by atoms with Gasteiger partial charge in [-0.15, -0.1) is 24.0 Å². The molecule has 0 bridgehead atoms. The average Bonchev–Trinajstić information content (AvgIpc) is 3.08. The number of hydrogen-bond acceptors (Lipinski definition) is 3. The van der Waals surface area contributed by atoms with Gasteiger partial charge in [0.2, 0.25) is 0 Å². The quantitative estimate of drug-likeness (QED) is 0.334. The highest BCUT2D eigenvalue weighted by Gasteiger charge is 2.36. The largest absolute Gasteiger partial charge is 0.385 e. The summed E-state index contributed by atoms with van der Waals surface area (Å²) in [6, 6.07) is 8.49. The fraction of sp³-hybridized carbons (Fsp3) is 0.650. The van der Waals surface area contributed by atoms with Crippen molar-refractivity contribution in [2.45, 2.75) is 38.1 Å². The van der Waals surface area contributed by atoms with Crippen LogP contribution in [0.25, 0.3) is 0 Å². The van der Waals surface area contributed by atoms with Crippen LogP contribution in [0.3, 0.4) is 0 Å². The number of aliphatic imine (C=N–C) groups is 1. The van der Waals surface area contributed by atoms with Crippen molar-refractivity contribution in [2.24, 2.45) is 10.4 Å². The third kappa shape index (κ3) is 6.12. The van der Waals surface area contributed by atoms with Gasteiger partial charge >= 0.3 is 0 Å². The molecule has 152 valence electrons. The second-order valence-electron chi connectivity index (χ2n) is 7.58. The molecule has 1 aliphatic heterocycles. The number of nitrogens with zero attached hydrogens (tertiary/aromatic N) is 2. The van der Waals surface area contributed by atoms with Crippen LogP contribution in [0.15, 0.2) is 29.3 Å². The second-order valence-corrected chi connectivity index (χ2v) is 8.01. The van der Waals surface area contributed by atoms with Gasteiger partial charge in [0.25, 0.3) is 0 Å². The van der Waals surface area contributed by atoms with E-state index in [9.17, 15) is 0 Å². The Labute approximate surface area is 185 Å². The van der Waals surface area contributed by atoms with Crippen LogP contribution in [0.1, 0.15) is 32.1 Å². The van der Waals surface area contributed by atoms with Crippen molar-refractivity contribution in [3.05, 3.63) is 29.3 Å². The molecule has 0 spiro atoms. The number of ether oxygens (including phenoxy) is 1. The van der Waals surface area contributed by atoms with Crippen LogP contribution >= 0.6 is 35.6 Å². The molecule has 1 unspecified atom stereocenters. The summed E-state index contributed by atoms with van der Waals surface area (Å²) >= 11 is 6.13. The van der Waals surface area contributed by atoms with Gasteiger partial charge in [-0.25, -0.2) is 0 Å². The maximum Gasteiger partial charge on any atom is 0.191 e. The first-order valence-corrected chi connectivity index (χ1v) is 9.99. The van der Waals surface area contributed by atoms with Crippen molar-refractivity contribution in [1.29, 1.82) is 0 Å². The molecule has 1 atom stereocenters. The van der Waals surface area contributed by atoms with Gasteiger partial charge in [0, 0.05) is 57.2 Å². The topological polar surface area (TPSA) is 48.9 Å². The molecule has 2 fully saturated rings. The third-order valence-corrected chi connectivity index (χ3v) is 6.04. The lowest BCUT2D eigenvalue weighted by atomic mass is 9.67. The van der Waals surface area contributed by atoms with Crippen LogP contribution in [-0.2, 0) is 4.74 Å². The molecule has 3 rings (SSSR count). The Morgan fingerprint density at radius 1 is 1.41 bits per heavy atom. The average molecular weight is 507 g/mol. The van der Waals surface area contributed by atoms with Crippen molar-refractivity contribution < 1.29 is 4.74 Å².